The number of hydrogen-bond acceptors (Lipinski definition) is 3. The molecule has 1 aliphatic carbocycles. The van der Waals surface area contributed by atoms with Gasteiger partial charge in [0.2, 0.25) is 0 Å². The molecule has 0 unspecified atom stereocenters. The molecular formula is C17H20N2O2. The number of ether oxygens (including phenoxy) is 1. The largest absolute Gasteiger partial charge is 0.466 e. The number of nitrogens with zero attached hydrogens (tertiary/aromatic N) is 2. The van der Waals surface area contributed by atoms with Crippen molar-refractivity contribution in [3.63, 3.8) is 0 Å². The van der Waals surface area contributed by atoms with E-state index in [0.29, 0.717) is 12.5 Å². The minimum absolute atomic E-state index is 0.0490. The van der Waals surface area contributed by atoms with Gasteiger partial charge in [0.05, 0.1) is 18.2 Å². The Labute approximate surface area is 124 Å². The van der Waals surface area contributed by atoms with E-state index in [9.17, 15) is 4.79 Å². The van der Waals surface area contributed by atoms with E-state index in [-0.39, 0.29) is 11.9 Å². The normalized spacial score (nSPS) is 20.3. The highest BCUT2D eigenvalue weighted by Gasteiger charge is 2.45. The molecule has 1 aromatic carbocycles. The first kappa shape index (κ1) is 13.9. The molecule has 110 valence electrons. The molecule has 1 aromatic heterocycles. The van der Waals surface area contributed by atoms with Gasteiger partial charge in [-0.1, -0.05) is 24.3 Å². The molecule has 1 aliphatic rings. The van der Waals surface area contributed by atoms with Crippen molar-refractivity contribution in [2.45, 2.75) is 26.2 Å². The molecule has 3 rings (SSSR count). The number of rotatable bonds is 4. The summed E-state index contributed by atoms with van der Waals surface area (Å²) in [5.41, 5.74) is 3.31. The highest BCUT2D eigenvalue weighted by Crippen LogP contribution is 2.48. The van der Waals surface area contributed by atoms with Gasteiger partial charge in [-0.25, -0.2) is 4.98 Å². The number of hydrogen-bond donors (Lipinski definition) is 0. The van der Waals surface area contributed by atoms with Crippen LogP contribution in [0.2, 0.25) is 0 Å². The lowest BCUT2D eigenvalue weighted by Gasteiger charge is -2.03. The van der Waals surface area contributed by atoms with Crippen molar-refractivity contribution in [3.05, 3.63) is 41.9 Å². The Morgan fingerprint density at radius 3 is 2.67 bits per heavy atom. The summed E-state index contributed by atoms with van der Waals surface area (Å²) in [4.78, 5) is 16.2. The van der Waals surface area contributed by atoms with Crippen molar-refractivity contribution in [1.29, 1.82) is 0 Å². The van der Waals surface area contributed by atoms with Crippen LogP contribution in [-0.4, -0.2) is 22.1 Å². The second kappa shape index (κ2) is 5.35. The van der Waals surface area contributed by atoms with E-state index < -0.39 is 0 Å². The molecule has 1 heterocycles. The summed E-state index contributed by atoms with van der Waals surface area (Å²) in [5, 5.41) is 0. The lowest BCUT2D eigenvalue weighted by molar-refractivity contribution is -0.144. The van der Waals surface area contributed by atoms with Gasteiger partial charge in [-0.15, -0.1) is 0 Å². The lowest BCUT2D eigenvalue weighted by Crippen LogP contribution is -2.07. The van der Waals surface area contributed by atoms with Gasteiger partial charge in [0.25, 0.3) is 0 Å². The van der Waals surface area contributed by atoms with E-state index in [4.69, 9.17) is 4.74 Å². The average molecular weight is 284 g/mol. The number of carbonyl (C=O) groups is 1. The zero-order chi connectivity index (χ0) is 15.0. The van der Waals surface area contributed by atoms with Gasteiger partial charge in [-0.2, -0.15) is 0 Å². The lowest BCUT2D eigenvalue weighted by atomic mass is 10.1. The highest BCUT2D eigenvalue weighted by molar-refractivity contribution is 5.77. The van der Waals surface area contributed by atoms with Crippen LogP contribution in [0.25, 0.3) is 11.3 Å². The molecule has 0 saturated heterocycles. The standard InChI is InChI=1S/C17H20N2O2/c1-4-21-17(20)15-9-14(15)12-5-7-13(8-6-12)16-10-19(3)11(2)18-16/h5-8,10,14-15H,4,9H2,1-3H3/t14-,15+/m0/s1. The zero-order valence-electron chi connectivity index (χ0n) is 12.7. The predicted octanol–water partition coefficient (Wildman–Crippen LogP) is 3.06. The van der Waals surface area contributed by atoms with Crippen molar-refractivity contribution < 1.29 is 9.53 Å². The first-order chi connectivity index (χ1) is 10.1. The van der Waals surface area contributed by atoms with E-state index >= 15 is 0 Å². The molecule has 2 aromatic rings. The topological polar surface area (TPSA) is 44.1 Å². The van der Waals surface area contributed by atoms with Crippen LogP contribution in [0.5, 0.6) is 0 Å². The van der Waals surface area contributed by atoms with Gasteiger partial charge in [0.15, 0.2) is 0 Å². The molecule has 4 heteroatoms. The minimum Gasteiger partial charge on any atom is -0.466 e. The molecule has 0 aliphatic heterocycles. The third-order valence-corrected chi connectivity index (χ3v) is 4.12. The van der Waals surface area contributed by atoms with Crippen molar-refractivity contribution in [2.24, 2.45) is 13.0 Å². The second-order valence-electron chi connectivity index (χ2n) is 5.61. The summed E-state index contributed by atoms with van der Waals surface area (Å²) >= 11 is 0. The van der Waals surface area contributed by atoms with E-state index in [1.54, 1.807) is 0 Å². The summed E-state index contributed by atoms with van der Waals surface area (Å²) in [6.07, 6.45) is 2.93. The van der Waals surface area contributed by atoms with Gasteiger partial charge in [-0.3, -0.25) is 4.79 Å². The predicted molar refractivity (Wildman–Crippen MR) is 80.9 cm³/mol. The molecule has 0 spiro atoms. The average Bonchev–Trinajstić information content (AvgIpc) is 3.21. The second-order valence-corrected chi connectivity index (χ2v) is 5.61. The fourth-order valence-electron chi connectivity index (χ4n) is 2.67. The van der Waals surface area contributed by atoms with Gasteiger partial charge in [0, 0.05) is 18.8 Å². The van der Waals surface area contributed by atoms with Crippen molar-refractivity contribution in [2.75, 3.05) is 6.61 Å². The maximum atomic E-state index is 11.7. The molecule has 0 radical (unpaired) electrons. The summed E-state index contributed by atoms with van der Waals surface area (Å²) in [6.45, 7) is 4.30. The Balaban J connectivity index is 1.72. The van der Waals surface area contributed by atoms with Crippen molar-refractivity contribution in [1.82, 2.24) is 9.55 Å². The van der Waals surface area contributed by atoms with Crippen LogP contribution in [0.4, 0.5) is 0 Å². The molecule has 21 heavy (non-hydrogen) atoms. The highest BCUT2D eigenvalue weighted by atomic mass is 16.5. The van der Waals surface area contributed by atoms with Crippen LogP contribution in [0.1, 0.15) is 30.7 Å². The van der Waals surface area contributed by atoms with E-state index in [1.165, 1.54) is 5.56 Å². The van der Waals surface area contributed by atoms with Crippen LogP contribution in [0, 0.1) is 12.8 Å². The monoisotopic (exact) mass is 284 g/mol. The molecule has 1 saturated carbocycles. The Morgan fingerprint density at radius 1 is 1.38 bits per heavy atom. The Morgan fingerprint density at radius 2 is 2.10 bits per heavy atom. The first-order valence-corrected chi connectivity index (χ1v) is 7.37. The van der Waals surface area contributed by atoms with Crippen LogP contribution in [0.15, 0.2) is 30.5 Å². The first-order valence-electron chi connectivity index (χ1n) is 7.37. The van der Waals surface area contributed by atoms with Gasteiger partial charge >= 0.3 is 5.97 Å². The molecule has 0 bridgehead atoms. The Bertz CT molecular complexity index is 638. The summed E-state index contributed by atoms with van der Waals surface area (Å²) in [5.74, 6) is 1.31. The number of carbonyl (C=O) groups excluding carboxylic acids is 1. The molecule has 2 atom stereocenters. The quantitative estimate of drug-likeness (QED) is 0.810. The number of aromatic nitrogens is 2. The Kier molecular flexibility index (Phi) is 3.53. The van der Waals surface area contributed by atoms with Gasteiger partial charge in [0.1, 0.15) is 5.82 Å². The van der Waals surface area contributed by atoms with E-state index in [2.05, 4.69) is 29.2 Å². The molecular weight excluding hydrogens is 264 g/mol. The number of benzene rings is 1. The zero-order valence-corrected chi connectivity index (χ0v) is 12.7. The SMILES string of the molecule is CCOC(=O)[C@@H]1C[C@H]1c1ccc(-c2cn(C)c(C)n2)cc1. The summed E-state index contributed by atoms with van der Waals surface area (Å²) < 4.78 is 7.09. The minimum atomic E-state index is -0.0630. The third-order valence-electron chi connectivity index (χ3n) is 4.12. The molecule has 0 N–H and O–H groups in total. The van der Waals surface area contributed by atoms with Crippen LogP contribution in [-0.2, 0) is 16.6 Å². The molecule has 4 nitrogen and oxygen atoms in total. The number of aryl methyl sites for hydroxylation is 2. The summed E-state index contributed by atoms with van der Waals surface area (Å²) in [7, 11) is 1.99. The fraction of sp³-hybridized carbons (Fsp3) is 0.412. The van der Waals surface area contributed by atoms with Crippen LogP contribution in [0.3, 0.4) is 0 Å². The molecule has 1 fully saturated rings. The number of esters is 1. The number of imidazole rings is 1. The van der Waals surface area contributed by atoms with Crippen LogP contribution < -0.4 is 0 Å². The van der Waals surface area contributed by atoms with E-state index in [1.807, 2.05) is 31.7 Å². The summed E-state index contributed by atoms with van der Waals surface area (Å²) in [6, 6.07) is 8.36. The Hall–Kier alpha value is -2.10. The van der Waals surface area contributed by atoms with E-state index in [0.717, 1.165) is 23.5 Å². The van der Waals surface area contributed by atoms with Gasteiger partial charge < -0.3 is 9.30 Å². The maximum absolute atomic E-state index is 11.7. The van der Waals surface area contributed by atoms with Gasteiger partial charge in [-0.05, 0) is 31.7 Å². The third kappa shape index (κ3) is 2.71. The maximum Gasteiger partial charge on any atom is 0.309 e. The van der Waals surface area contributed by atoms with Crippen LogP contribution >= 0.6 is 0 Å². The van der Waals surface area contributed by atoms with Crippen molar-refractivity contribution >= 4 is 5.97 Å². The smallest absolute Gasteiger partial charge is 0.309 e. The van der Waals surface area contributed by atoms with Crippen molar-refractivity contribution in [3.8, 4) is 11.3 Å². The fourth-order valence-corrected chi connectivity index (χ4v) is 2.67. The molecule has 0 amide bonds.